The predicted octanol–water partition coefficient (Wildman–Crippen LogP) is 1.29. The highest BCUT2D eigenvalue weighted by Gasteiger charge is 2.17. The molecule has 0 aliphatic rings. The number of ether oxygens (including phenoxy) is 1. The third-order valence-corrected chi connectivity index (χ3v) is 1.94. The SMILES string of the molecule is CCNCCOc1ccc(C)nc1[N+](=O)[O-]. The van der Waals surface area contributed by atoms with Crippen LogP contribution in [0.2, 0.25) is 0 Å². The molecule has 6 nitrogen and oxygen atoms in total. The Morgan fingerprint density at radius 3 is 2.94 bits per heavy atom. The van der Waals surface area contributed by atoms with Gasteiger partial charge in [-0.15, -0.1) is 0 Å². The van der Waals surface area contributed by atoms with Gasteiger partial charge in [0.2, 0.25) is 5.75 Å². The Hall–Kier alpha value is -1.69. The normalized spacial score (nSPS) is 10.1. The Labute approximate surface area is 93.8 Å². The second-order valence-corrected chi connectivity index (χ2v) is 3.23. The number of nitrogens with one attached hydrogen (secondary N) is 1. The summed E-state index contributed by atoms with van der Waals surface area (Å²) in [5, 5.41) is 13.8. The molecule has 0 fully saturated rings. The summed E-state index contributed by atoms with van der Waals surface area (Å²) in [6.07, 6.45) is 0. The summed E-state index contributed by atoms with van der Waals surface area (Å²) >= 11 is 0. The van der Waals surface area contributed by atoms with Crippen LogP contribution in [0, 0.1) is 17.0 Å². The molecule has 16 heavy (non-hydrogen) atoms. The highest BCUT2D eigenvalue weighted by Crippen LogP contribution is 2.23. The molecule has 6 heteroatoms. The number of hydrogen-bond acceptors (Lipinski definition) is 5. The molecular weight excluding hydrogens is 210 g/mol. The molecule has 1 N–H and O–H groups in total. The van der Waals surface area contributed by atoms with Crippen molar-refractivity contribution in [2.75, 3.05) is 19.7 Å². The number of aromatic nitrogens is 1. The van der Waals surface area contributed by atoms with Gasteiger partial charge in [-0.1, -0.05) is 6.92 Å². The van der Waals surface area contributed by atoms with E-state index in [1.807, 2.05) is 6.92 Å². The van der Waals surface area contributed by atoms with Crippen molar-refractivity contribution in [1.29, 1.82) is 0 Å². The first-order chi connectivity index (χ1) is 7.65. The summed E-state index contributed by atoms with van der Waals surface area (Å²) in [4.78, 5) is 14.0. The highest BCUT2D eigenvalue weighted by atomic mass is 16.6. The Morgan fingerprint density at radius 1 is 1.56 bits per heavy atom. The van der Waals surface area contributed by atoms with Gasteiger partial charge in [-0.3, -0.25) is 0 Å². The van der Waals surface area contributed by atoms with Crippen molar-refractivity contribution in [3.63, 3.8) is 0 Å². The fourth-order valence-electron chi connectivity index (χ4n) is 1.18. The first-order valence-corrected chi connectivity index (χ1v) is 5.10. The second-order valence-electron chi connectivity index (χ2n) is 3.23. The zero-order valence-electron chi connectivity index (χ0n) is 9.40. The molecule has 0 aliphatic heterocycles. The Balaban J connectivity index is 2.67. The second kappa shape index (κ2) is 6.02. The van der Waals surface area contributed by atoms with Crippen molar-refractivity contribution >= 4 is 5.82 Å². The summed E-state index contributed by atoms with van der Waals surface area (Å²) in [5.74, 6) is -0.00926. The number of likely N-dealkylation sites (N-methyl/N-ethyl adjacent to an activating group) is 1. The van der Waals surface area contributed by atoms with Gasteiger partial charge in [0.25, 0.3) is 0 Å². The number of pyridine rings is 1. The number of aryl methyl sites for hydroxylation is 1. The third kappa shape index (κ3) is 3.47. The number of nitrogens with zero attached hydrogens (tertiary/aromatic N) is 2. The summed E-state index contributed by atoms with van der Waals surface area (Å²) in [5.41, 5.74) is 0.603. The molecule has 0 atom stereocenters. The van der Waals surface area contributed by atoms with Crippen molar-refractivity contribution < 1.29 is 9.66 Å². The monoisotopic (exact) mass is 225 g/mol. The molecule has 0 saturated carbocycles. The quantitative estimate of drug-likeness (QED) is 0.448. The van der Waals surface area contributed by atoms with Gasteiger partial charge in [0, 0.05) is 13.5 Å². The lowest BCUT2D eigenvalue weighted by Gasteiger charge is -2.06. The average Bonchev–Trinajstić information content (AvgIpc) is 2.26. The lowest BCUT2D eigenvalue weighted by atomic mass is 10.3. The van der Waals surface area contributed by atoms with E-state index in [0.29, 0.717) is 18.8 Å². The van der Waals surface area contributed by atoms with Crippen LogP contribution in [-0.4, -0.2) is 29.6 Å². The van der Waals surface area contributed by atoms with Crippen molar-refractivity contribution in [3.8, 4) is 5.75 Å². The van der Waals surface area contributed by atoms with Crippen LogP contribution in [0.25, 0.3) is 0 Å². The van der Waals surface area contributed by atoms with E-state index in [1.54, 1.807) is 19.1 Å². The first-order valence-electron chi connectivity index (χ1n) is 5.10. The van der Waals surface area contributed by atoms with E-state index >= 15 is 0 Å². The summed E-state index contributed by atoms with van der Waals surface area (Å²) in [6, 6.07) is 3.27. The van der Waals surface area contributed by atoms with Crippen LogP contribution in [0.5, 0.6) is 5.75 Å². The van der Waals surface area contributed by atoms with Gasteiger partial charge in [0.1, 0.15) is 12.3 Å². The fraction of sp³-hybridized carbons (Fsp3) is 0.500. The van der Waals surface area contributed by atoms with E-state index in [9.17, 15) is 10.1 Å². The van der Waals surface area contributed by atoms with Crippen LogP contribution in [0.3, 0.4) is 0 Å². The lowest BCUT2D eigenvalue weighted by molar-refractivity contribution is -0.390. The first kappa shape index (κ1) is 12.4. The van der Waals surface area contributed by atoms with Gasteiger partial charge in [0.05, 0.1) is 0 Å². The Kier molecular flexibility index (Phi) is 4.65. The lowest BCUT2D eigenvalue weighted by Crippen LogP contribution is -2.20. The molecule has 0 bridgehead atoms. The van der Waals surface area contributed by atoms with Gasteiger partial charge in [-0.05, 0) is 28.6 Å². The average molecular weight is 225 g/mol. The minimum absolute atomic E-state index is 0.216. The molecular formula is C10H15N3O3. The van der Waals surface area contributed by atoms with Crippen LogP contribution in [0.1, 0.15) is 12.6 Å². The summed E-state index contributed by atoms with van der Waals surface area (Å²) in [6.45, 7) is 5.57. The van der Waals surface area contributed by atoms with E-state index in [4.69, 9.17) is 4.74 Å². The van der Waals surface area contributed by atoms with Gasteiger partial charge in [-0.2, -0.15) is 0 Å². The number of hydrogen-bond donors (Lipinski definition) is 1. The van der Waals surface area contributed by atoms with Gasteiger partial charge in [0.15, 0.2) is 0 Å². The smallest absolute Gasteiger partial charge is 0.406 e. The van der Waals surface area contributed by atoms with Crippen LogP contribution < -0.4 is 10.1 Å². The molecule has 1 heterocycles. The molecule has 0 amide bonds. The van der Waals surface area contributed by atoms with Crippen LogP contribution in [0.4, 0.5) is 5.82 Å². The molecule has 0 radical (unpaired) electrons. The molecule has 88 valence electrons. The Bertz CT molecular complexity index is 368. The molecule has 0 unspecified atom stereocenters. The topological polar surface area (TPSA) is 77.3 Å². The van der Waals surface area contributed by atoms with Crippen molar-refractivity contribution in [3.05, 3.63) is 27.9 Å². The summed E-state index contributed by atoms with van der Waals surface area (Å²) < 4.78 is 5.29. The van der Waals surface area contributed by atoms with Crippen LogP contribution >= 0.6 is 0 Å². The minimum Gasteiger partial charge on any atom is -0.484 e. The third-order valence-electron chi connectivity index (χ3n) is 1.94. The van der Waals surface area contributed by atoms with Crippen LogP contribution in [0.15, 0.2) is 12.1 Å². The zero-order valence-corrected chi connectivity index (χ0v) is 9.40. The molecule has 0 aromatic carbocycles. The van der Waals surface area contributed by atoms with Crippen LogP contribution in [-0.2, 0) is 0 Å². The number of nitro groups is 1. The zero-order chi connectivity index (χ0) is 12.0. The molecule has 0 saturated heterocycles. The van der Waals surface area contributed by atoms with E-state index in [-0.39, 0.29) is 11.6 Å². The van der Waals surface area contributed by atoms with Crippen molar-refractivity contribution in [2.45, 2.75) is 13.8 Å². The largest absolute Gasteiger partial charge is 0.484 e. The van der Waals surface area contributed by atoms with Gasteiger partial charge in [-0.25, -0.2) is 0 Å². The molecule has 0 spiro atoms. The van der Waals surface area contributed by atoms with E-state index in [2.05, 4.69) is 10.3 Å². The molecule has 1 aromatic rings. The van der Waals surface area contributed by atoms with E-state index in [0.717, 1.165) is 6.54 Å². The number of rotatable bonds is 6. The van der Waals surface area contributed by atoms with E-state index in [1.165, 1.54) is 0 Å². The maximum Gasteiger partial charge on any atom is 0.406 e. The Morgan fingerprint density at radius 2 is 2.31 bits per heavy atom. The van der Waals surface area contributed by atoms with Crippen molar-refractivity contribution in [2.24, 2.45) is 0 Å². The highest BCUT2D eigenvalue weighted by molar-refractivity contribution is 5.40. The van der Waals surface area contributed by atoms with Crippen molar-refractivity contribution in [1.82, 2.24) is 10.3 Å². The molecule has 1 rings (SSSR count). The molecule has 0 aliphatic carbocycles. The maximum atomic E-state index is 10.7. The van der Waals surface area contributed by atoms with Gasteiger partial charge < -0.3 is 20.2 Å². The standard InChI is InChI=1S/C10H15N3O3/c1-3-11-6-7-16-9-5-4-8(2)12-10(9)13(14)15/h4-5,11H,3,6-7H2,1-2H3. The predicted molar refractivity (Wildman–Crippen MR) is 59.7 cm³/mol. The minimum atomic E-state index is -0.532. The fourth-order valence-corrected chi connectivity index (χ4v) is 1.18. The maximum absolute atomic E-state index is 10.7. The van der Waals surface area contributed by atoms with E-state index < -0.39 is 4.92 Å². The summed E-state index contributed by atoms with van der Waals surface area (Å²) in [7, 11) is 0. The molecule has 1 aromatic heterocycles. The van der Waals surface area contributed by atoms with Gasteiger partial charge >= 0.3 is 5.82 Å².